The maximum Gasteiger partial charge on any atom is 1.00 e. The van der Waals surface area contributed by atoms with Crippen LogP contribution in [-0.4, -0.2) is 25.1 Å². The van der Waals surface area contributed by atoms with E-state index in [-0.39, 0.29) is 29.6 Å². The molecule has 3 aromatic heterocycles. The molecule has 96 valence electrons. The Morgan fingerprint density at radius 1 is 1.10 bits per heavy atom. The Balaban J connectivity index is 0.00000132. The Morgan fingerprint density at radius 2 is 2.05 bits per heavy atom. The summed E-state index contributed by atoms with van der Waals surface area (Å²) in [7, 11) is 0. The van der Waals surface area contributed by atoms with E-state index in [1.54, 1.807) is 12.5 Å². The van der Waals surface area contributed by atoms with Crippen LogP contribution >= 0.6 is 0 Å². The van der Waals surface area contributed by atoms with Gasteiger partial charge in [0.1, 0.15) is 12.0 Å². The second-order valence-corrected chi connectivity index (χ2v) is 4.41. The third kappa shape index (κ3) is 2.40. The van der Waals surface area contributed by atoms with Crippen LogP contribution < -0.4 is 29.6 Å². The fourth-order valence-electron chi connectivity index (χ4n) is 2.34. The number of nitrogens with one attached hydrogen (secondary N) is 2. The molecule has 6 heteroatoms. The Hall–Kier alpha value is -1.95. The van der Waals surface area contributed by atoms with Gasteiger partial charge in [-0.3, -0.25) is 5.10 Å². The molecule has 0 atom stereocenters. The summed E-state index contributed by atoms with van der Waals surface area (Å²) in [5.41, 5.74) is 4.66. The van der Waals surface area contributed by atoms with E-state index in [2.05, 4.69) is 31.2 Å². The largest absolute Gasteiger partial charge is 1.00 e. The first-order valence-electron chi connectivity index (χ1n) is 6.22. The Bertz CT molecular complexity index is 852. The third-order valence-electron chi connectivity index (χ3n) is 3.24. The summed E-state index contributed by atoms with van der Waals surface area (Å²) in [5.74, 6) is 0. The van der Waals surface area contributed by atoms with Crippen LogP contribution in [0.3, 0.4) is 0 Å². The molecule has 0 aliphatic carbocycles. The molecule has 5 nitrogen and oxygen atoms in total. The van der Waals surface area contributed by atoms with Crippen LogP contribution in [0.1, 0.15) is 0 Å². The van der Waals surface area contributed by atoms with Gasteiger partial charge in [0.2, 0.25) is 0 Å². The van der Waals surface area contributed by atoms with Crippen molar-refractivity contribution in [2.24, 2.45) is 0 Å². The molecule has 4 rings (SSSR count). The summed E-state index contributed by atoms with van der Waals surface area (Å²) in [6.07, 6.45) is 7.08. The van der Waals surface area contributed by atoms with Gasteiger partial charge in [0.25, 0.3) is 0 Å². The number of fused-ring (bicyclic) bond motifs is 1. The van der Waals surface area contributed by atoms with Crippen molar-refractivity contribution in [1.82, 2.24) is 25.1 Å². The fourth-order valence-corrected chi connectivity index (χ4v) is 2.34. The van der Waals surface area contributed by atoms with Gasteiger partial charge < -0.3 is 4.98 Å². The zero-order valence-corrected chi connectivity index (χ0v) is 13.5. The first-order chi connectivity index (χ1) is 9.93. The van der Waals surface area contributed by atoms with Gasteiger partial charge in [0, 0.05) is 17.1 Å². The van der Waals surface area contributed by atoms with E-state index in [1.165, 1.54) is 0 Å². The molecule has 0 fully saturated rings. The van der Waals surface area contributed by atoms with E-state index in [1.807, 2.05) is 36.7 Å². The minimum Gasteiger partial charge on any atom is -0.355 e. The molecule has 0 saturated carbocycles. The minimum atomic E-state index is 0. The SMILES string of the molecule is [Na+].[c-]1ccccc1-c1c[nH]c2ncnc(-c3cn[nH]c3)c12. The van der Waals surface area contributed by atoms with Crippen LogP contribution in [0.5, 0.6) is 0 Å². The van der Waals surface area contributed by atoms with E-state index < -0.39 is 0 Å². The summed E-state index contributed by atoms with van der Waals surface area (Å²) in [6.45, 7) is 0. The third-order valence-corrected chi connectivity index (χ3v) is 3.24. The van der Waals surface area contributed by atoms with Gasteiger partial charge in [0.05, 0.1) is 11.9 Å². The van der Waals surface area contributed by atoms with E-state index in [4.69, 9.17) is 0 Å². The quantitative estimate of drug-likeness (QED) is 0.396. The molecule has 21 heavy (non-hydrogen) atoms. The molecule has 0 unspecified atom stereocenters. The molecule has 0 radical (unpaired) electrons. The minimum absolute atomic E-state index is 0. The number of nitrogens with zero attached hydrogens (tertiary/aromatic N) is 3. The van der Waals surface area contributed by atoms with Crippen LogP contribution in [0.25, 0.3) is 33.4 Å². The number of benzene rings is 1. The molecule has 0 aliphatic rings. The molecule has 2 N–H and O–H groups in total. The summed E-state index contributed by atoms with van der Waals surface area (Å²) >= 11 is 0. The molecule has 4 aromatic rings. The van der Waals surface area contributed by atoms with Crippen molar-refractivity contribution < 1.29 is 29.6 Å². The van der Waals surface area contributed by atoms with Crippen LogP contribution in [0.15, 0.2) is 49.2 Å². The van der Waals surface area contributed by atoms with E-state index >= 15 is 0 Å². The van der Waals surface area contributed by atoms with Gasteiger partial charge >= 0.3 is 29.6 Å². The van der Waals surface area contributed by atoms with E-state index in [0.29, 0.717) is 0 Å². The van der Waals surface area contributed by atoms with Crippen molar-refractivity contribution in [3.63, 3.8) is 0 Å². The first kappa shape index (κ1) is 14.0. The zero-order chi connectivity index (χ0) is 13.4. The molecule has 0 bridgehead atoms. The van der Waals surface area contributed by atoms with Gasteiger partial charge in [-0.05, 0) is 6.20 Å². The maximum absolute atomic E-state index is 4.40. The average molecular weight is 283 g/mol. The standard InChI is InChI=1S/C15H10N5.Na/c1-2-4-10(5-3-1)12-8-16-15-13(12)14(17-9-18-15)11-6-19-20-7-11;/h1-4,6-9H,(H,19,20)(H,16,17,18);/q-1;+1. The van der Waals surface area contributed by atoms with Crippen LogP contribution in [-0.2, 0) is 0 Å². The zero-order valence-electron chi connectivity index (χ0n) is 11.5. The monoisotopic (exact) mass is 283 g/mol. The van der Waals surface area contributed by atoms with Gasteiger partial charge in [-0.1, -0.05) is 5.56 Å². The second-order valence-electron chi connectivity index (χ2n) is 4.41. The predicted molar refractivity (Wildman–Crippen MR) is 75.7 cm³/mol. The maximum atomic E-state index is 4.40. The van der Waals surface area contributed by atoms with Crippen molar-refractivity contribution in [2.45, 2.75) is 0 Å². The number of hydrogen-bond donors (Lipinski definition) is 2. The number of hydrogen-bond acceptors (Lipinski definition) is 3. The van der Waals surface area contributed by atoms with Gasteiger partial charge in [0.15, 0.2) is 0 Å². The number of aromatic amines is 2. The Morgan fingerprint density at radius 3 is 2.81 bits per heavy atom. The van der Waals surface area contributed by atoms with Crippen LogP contribution in [0, 0.1) is 6.07 Å². The fraction of sp³-hybridized carbons (Fsp3) is 0. The van der Waals surface area contributed by atoms with Gasteiger partial charge in [-0.15, -0.1) is 35.9 Å². The summed E-state index contributed by atoms with van der Waals surface area (Å²) in [6, 6.07) is 11.1. The van der Waals surface area contributed by atoms with E-state index in [9.17, 15) is 0 Å². The van der Waals surface area contributed by atoms with Crippen molar-refractivity contribution >= 4 is 11.0 Å². The van der Waals surface area contributed by atoms with Gasteiger partial charge in [-0.25, -0.2) is 9.97 Å². The molecule has 0 spiro atoms. The molecule has 0 amide bonds. The van der Waals surface area contributed by atoms with Crippen molar-refractivity contribution in [2.75, 3.05) is 0 Å². The Kier molecular flexibility index (Phi) is 3.88. The first-order valence-corrected chi connectivity index (χ1v) is 6.22. The summed E-state index contributed by atoms with van der Waals surface area (Å²) < 4.78 is 0. The van der Waals surface area contributed by atoms with Crippen LogP contribution in [0.4, 0.5) is 0 Å². The molecule has 3 heterocycles. The normalized spacial score (nSPS) is 10.5. The second kappa shape index (κ2) is 5.81. The number of aromatic nitrogens is 5. The average Bonchev–Trinajstić information content (AvgIpc) is 3.17. The summed E-state index contributed by atoms with van der Waals surface area (Å²) in [5, 5.41) is 7.79. The van der Waals surface area contributed by atoms with E-state index in [0.717, 1.165) is 33.4 Å². The summed E-state index contributed by atoms with van der Waals surface area (Å²) in [4.78, 5) is 11.9. The molecule has 0 saturated heterocycles. The molecular formula is C15H10N5Na. The molecule has 0 aliphatic heterocycles. The van der Waals surface area contributed by atoms with Crippen LogP contribution in [0.2, 0.25) is 0 Å². The topological polar surface area (TPSA) is 70.2 Å². The predicted octanol–water partition coefficient (Wildman–Crippen LogP) is -0.181. The smallest absolute Gasteiger partial charge is 0.355 e. The number of H-pyrrole nitrogens is 2. The Labute approximate surface area is 143 Å². The van der Waals surface area contributed by atoms with Crippen molar-refractivity contribution in [1.29, 1.82) is 0 Å². The number of rotatable bonds is 2. The molecular weight excluding hydrogens is 273 g/mol. The van der Waals surface area contributed by atoms with Crippen molar-refractivity contribution in [3.8, 4) is 22.4 Å². The van der Waals surface area contributed by atoms with Crippen molar-refractivity contribution in [3.05, 3.63) is 55.2 Å². The molecule has 1 aromatic carbocycles. The van der Waals surface area contributed by atoms with Gasteiger partial charge in [-0.2, -0.15) is 5.10 Å².